The third kappa shape index (κ3) is 2.17. The molecule has 2 heterocycles. The first-order valence-electron chi connectivity index (χ1n) is 5.48. The van der Waals surface area contributed by atoms with Crippen molar-refractivity contribution >= 4 is 22.9 Å². The molecule has 90 valence electrons. The second-order valence-electron chi connectivity index (χ2n) is 4.46. The monoisotopic (exact) mass is 244 g/mol. The van der Waals surface area contributed by atoms with E-state index in [0.29, 0.717) is 18.8 Å². The number of nitrogens with one attached hydrogen (secondary N) is 1. The van der Waals surface area contributed by atoms with Crippen molar-refractivity contribution in [2.45, 2.75) is 31.4 Å². The highest BCUT2D eigenvalue weighted by Crippen LogP contribution is 2.27. The molecule has 2 saturated heterocycles. The van der Waals surface area contributed by atoms with Crippen LogP contribution in [-0.2, 0) is 4.79 Å². The largest absolute Gasteiger partial charge is 0.386 e. The smallest absolute Gasteiger partial charge is 0.279 e. The minimum Gasteiger partial charge on any atom is -0.386 e. The van der Waals surface area contributed by atoms with Gasteiger partial charge in [0.05, 0.1) is 18.7 Å². The highest BCUT2D eigenvalue weighted by molar-refractivity contribution is 8.14. The molecule has 2 amide bonds. The van der Waals surface area contributed by atoms with Crippen molar-refractivity contribution in [2.75, 3.05) is 18.8 Å². The van der Waals surface area contributed by atoms with Gasteiger partial charge in [-0.2, -0.15) is 0 Å². The highest BCUT2D eigenvalue weighted by Gasteiger charge is 2.45. The molecule has 2 aliphatic rings. The Bertz CT molecular complexity index is 315. The molecule has 0 bridgehead atoms. The number of thioether (sulfide) groups is 1. The number of nitrogens with zero attached hydrogens (tertiary/aromatic N) is 1. The second-order valence-corrected chi connectivity index (χ2v) is 5.46. The molecule has 16 heavy (non-hydrogen) atoms. The zero-order valence-corrected chi connectivity index (χ0v) is 10.0. The number of likely N-dealkylation sites (tertiary alicyclic amines) is 1. The standard InChI is InChI=1S/C10H16N2O3S/c1-2-3-10(15)5-12(6-10)8(13)7-4-16-9(14)11-7/h7,15H,2-6H2,1H3,(H,11,14). The summed E-state index contributed by atoms with van der Waals surface area (Å²) < 4.78 is 0. The van der Waals surface area contributed by atoms with Crippen molar-refractivity contribution in [2.24, 2.45) is 0 Å². The number of aliphatic hydroxyl groups is 1. The van der Waals surface area contributed by atoms with Crippen molar-refractivity contribution in [3.8, 4) is 0 Å². The van der Waals surface area contributed by atoms with E-state index < -0.39 is 11.6 Å². The van der Waals surface area contributed by atoms with Crippen molar-refractivity contribution < 1.29 is 14.7 Å². The third-order valence-corrected chi connectivity index (χ3v) is 3.85. The number of hydrogen-bond donors (Lipinski definition) is 2. The molecular formula is C10H16N2O3S. The average molecular weight is 244 g/mol. The molecule has 5 nitrogen and oxygen atoms in total. The van der Waals surface area contributed by atoms with Crippen LogP contribution in [0.25, 0.3) is 0 Å². The lowest BCUT2D eigenvalue weighted by Crippen LogP contribution is -2.66. The lowest BCUT2D eigenvalue weighted by atomic mass is 9.89. The number of hydrogen-bond acceptors (Lipinski definition) is 4. The van der Waals surface area contributed by atoms with Crippen molar-refractivity contribution in [1.82, 2.24) is 10.2 Å². The minimum atomic E-state index is -0.694. The summed E-state index contributed by atoms with van der Waals surface area (Å²) in [6.45, 7) is 2.81. The maximum Gasteiger partial charge on any atom is 0.279 e. The van der Waals surface area contributed by atoms with Gasteiger partial charge in [-0.15, -0.1) is 0 Å². The summed E-state index contributed by atoms with van der Waals surface area (Å²) in [5.41, 5.74) is -0.694. The Morgan fingerprint density at radius 2 is 2.38 bits per heavy atom. The normalized spacial score (nSPS) is 27.5. The fraction of sp³-hybridized carbons (Fsp3) is 0.800. The van der Waals surface area contributed by atoms with Crippen LogP contribution >= 0.6 is 11.8 Å². The van der Waals surface area contributed by atoms with Gasteiger partial charge in [0.1, 0.15) is 6.04 Å². The van der Waals surface area contributed by atoms with E-state index in [9.17, 15) is 14.7 Å². The summed E-state index contributed by atoms with van der Waals surface area (Å²) in [7, 11) is 0. The molecule has 0 aromatic rings. The Morgan fingerprint density at radius 3 is 2.88 bits per heavy atom. The number of β-amino-alcohol motifs (C(OH)–C–C–N with tert-alkyl or cyclic N) is 1. The molecule has 0 aromatic carbocycles. The van der Waals surface area contributed by atoms with E-state index in [4.69, 9.17) is 0 Å². The van der Waals surface area contributed by atoms with E-state index in [0.717, 1.165) is 24.6 Å². The summed E-state index contributed by atoms with van der Waals surface area (Å²) in [6.07, 6.45) is 1.64. The Hall–Kier alpha value is -0.750. The van der Waals surface area contributed by atoms with Gasteiger partial charge in [0.25, 0.3) is 5.24 Å². The molecule has 2 aliphatic heterocycles. The van der Waals surface area contributed by atoms with E-state index in [-0.39, 0.29) is 11.1 Å². The molecule has 2 rings (SSSR count). The third-order valence-electron chi connectivity index (χ3n) is 2.97. The van der Waals surface area contributed by atoms with E-state index in [1.165, 1.54) is 0 Å². The summed E-state index contributed by atoms with van der Waals surface area (Å²) in [6, 6.07) is -0.399. The van der Waals surface area contributed by atoms with Gasteiger partial charge in [-0.3, -0.25) is 9.59 Å². The predicted octanol–water partition coefficient (Wildman–Crippen LogP) is 0.185. The molecule has 2 N–H and O–H groups in total. The molecule has 0 aliphatic carbocycles. The number of amides is 2. The lowest BCUT2D eigenvalue weighted by Gasteiger charge is -2.47. The maximum absolute atomic E-state index is 11.9. The highest BCUT2D eigenvalue weighted by atomic mass is 32.2. The van der Waals surface area contributed by atoms with Gasteiger partial charge in [0, 0.05) is 5.75 Å². The number of carbonyl (C=O) groups is 2. The van der Waals surface area contributed by atoms with E-state index in [1.807, 2.05) is 6.92 Å². The summed E-state index contributed by atoms with van der Waals surface area (Å²) >= 11 is 1.14. The molecule has 0 aromatic heterocycles. The zero-order chi connectivity index (χ0) is 11.8. The van der Waals surface area contributed by atoms with Gasteiger partial charge < -0.3 is 15.3 Å². The Balaban J connectivity index is 1.83. The number of rotatable bonds is 3. The summed E-state index contributed by atoms with van der Waals surface area (Å²) in [5.74, 6) is 0.430. The van der Waals surface area contributed by atoms with Gasteiger partial charge in [0.15, 0.2) is 0 Å². The van der Waals surface area contributed by atoms with Gasteiger partial charge in [-0.1, -0.05) is 25.1 Å². The van der Waals surface area contributed by atoms with E-state index >= 15 is 0 Å². The molecule has 0 spiro atoms. The molecule has 6 heteroatoms. The molecular weight excluding hydrogens is 228 g/mol. The van der Waals surface area contributed by atoms with Crippen LogP contribution < -0.4 is 5.32 Å². The van der Waals surface area contributed by atoms with Crippen LogP contribution in [0.1, 0.15) is 19.8 Å². The fourth-order valence-electron chi connectivity index (χ4n) is 2.18. The Labute approximate surface area is 98.6 Å². The van der Waals surface area contributed by atoms with Crippen molar-refractivity contribution in [3.05, 3.63) is 0 Å². The molecule has 1 unspecified atom stereocenters. The Kier molecular flexibility index (Phi) is 3.12. The average Bonchev–Trinajstić information content (AvgIpc) is 2.60. The van der Waals surface area contributed by atoms with Crippen LogP contribution in [0.4, 0.5) is 4.79 Å². The van der Waals surface area contributed by atoms with Gasteiger partial charge in [-0.05, 0) is 6.42 Å². The summed E-state index contributed by atoms with van der Waals surface area (Å²) in [5, 5.41) is 12.4. The molecule has 0 radical (unpaired) electrons. The van der Waals surface area contributed by atoms with Crippen LogP contribution in [0, 0.1) is 0 Å². The lowest BCUT2D eigenvalue weighted by molar-refractivity contribution is -0.157. The first kappa shape index (κ1) is 11.7. The SMILES string of the molecule is CCCC1(O)CN(C(=O)C2CSC(=O)N2)C1. The van der Waals surface area contributed by atoms with Crippen LogP contribution in [-0.4, -0.2) is 51.6 Å². The van der Waals surface area contributed by atoms with Crippen molar-refractivity contribution in [3.63, 3.8) is 0 Å². The van der Waals surface area contributed by atoms with Gasteiger partial charge >= 0.3 is 0 Å². The topological polar surface area (TPSA) is 69.6 Å². The van der Waals surface area contributed by atoms with Crippen molar-refractivity contribution in [1.29, 1.82) is 0 Å². The van der Waals surface area contributed by atoms with Crippen LogP contribution in [0.3, 0.4) is 0 Å². The van der Waals surface area contributed by atoms with E-state index in [2.05, 4.69) is 5.32 Å². The quantitative estimate of drug-likeness (QED) is 0.743. The predicted molar refractivity (Wildman–Crippen MR) is 61.2 cm³/mol. The second kappa shape index (κ2) is 4.25. The first-order chi connectivity index (χ1) is 7.54. The minimum absolute atomic E-state index is 0.0703. The van der Waals surface area contributed by atoms with Crippen LogP contribution in [0.5, 0.6) is 0 Å². The molecule has 0 saturated carbocycles. The maximum atomic E-state index is 11.9. The molecule has 1 atom stereocenters. The van der Waals surface area contributed by atoms with Gasteiger partial charge in [0.2, 0.25) is 5.91 Å². The van der Waals surface area contributed by atoms with Crippen LogP contribution in [0.2, 0.25) is 0 Å². The molecule has 2 fully saturated rings. The number of carbonyl (C=O) groups excluding carboxylic acids is 2. The van der Waals surface area contributed by atoms with Gasteiger partial charge in [-0.25, -0.2) is 0 Å². The fourth-order valence-corrected chi connectivity index (χ4v) is 2.95. The van der Waals surface area contributed by atoms with Crippen LogP contribution in [0.15, 0.2) is 0 Å². The Morgan fingerprint density at radius 1 is 1.69 bits per heavy atom. The first-order valence-corrected chi connectivity index (χ1v) is 6.47. The zero-order valence-electron chi connectivity index (χ0n) is 9.23. The van der Waals surface area contributed by atoms with E-state index in [1.54, 1.807) is 4.90 Å². The summed E-state index contributed by atoms with van der Waals surface area (Å²) in [4.78, 5) is 24.4.